The maximum absolute atomic E-state index is 5.69. The number of nitrogens with zero attached hydrogens (tertiary/aromatic N) is 1. The number of ether oxygens (including phenoxy) is 1. The molecule has 0 radical (unpaired) electrons. The van der Waals surface area contributed by atoms with Crippen LogP contribution < -0.4 is 5.32 Å². The van der Waals surface area contributed by atoms with Crippen molar-refractivity contribution in [3.63, 3.8) is 0 Å². The SMILES string of the molecule is CCCNC1COCC1CN(CC(C)C)CC(C)C. The molecule has 0 aromatic carbocycles. The molecule has 3 nitrogen and oxygen atoms in total. The fourth-order valence-electron chi connectivity index (χ4n) is 2.92. The Morgan fingerprint density at radius 3 is 2.26 bits per heavy atom. The van der Waals surface area contributed by atoms with Gasteiger partial charge in [0.15, 0.2) is 0 Å². The van der Waals surface area contributed by atoms with Gasteiger partial charge in [0.05, 0.1) is 13.2 Å². The zero-order valence-electron chi connectivity index (χ0n) is 13.6. The molecule has 114 valence electrons. The molecule has 2 unspecified atom stereocenters. The van der Waals surface area contributed by atoms with Crippen LogP contribution in [0.15, 0.2) is 0 Å². The molecule has 1 aliphatic rings. The Morgan fingerprint density at radius 2 is 1.74 bits per heavy atom. The average Bonchev–Trinajstić information content (AvgIpc) is 2.72. The van der Waals surface area contributed by atoms with Crippen LogP contribution in [0.2, 0.25) is 0 Å². The summed E-state index contributed by atoms with van der Waals surface area (Å²) in [6.07, 6.45) is 1.20. The summed E-state index contributed by atoms with van der Waals surface area (Å²) in [5, 5.41) is 3.64. The molecule has 1 N–H and O–H groups in total. The number of hydrogen-bond donors (Lipinski definition) is 1. The summed E-state index contributed by atoms with van der Waals surface area (Å²) in [7, 11) is 0. The zero-order valence-corrected chi connectivity index (χ0v) is 13.6. The second-order valence-electron chi connectivity index (χ2n) is 6.86. The lowest BCUT2D eigenvalue weighted by Gasteiger charge is -2.30. The third kappa shape index (κ3) is 6.73. The van der Waals surface area contributed by atoms with Crippen molar-refractivity contribution in [2.75, 3.05) is 39.4 Å². The van der Waals surface area contributed by atoms with E-state index in [4.69, 9.17) is 4.74 Å². The molecule has 0 aromatic rings. The first-order valence-corrected chi connectivity index (χ1v) is 8.06. The minimum absolute atomic E-state index is 0.557. The van der Waals surface area contributed by atoms with E-state index < -0.39 is 0 Å². The van der Waals surface area contributed by atoms with E-state index in [1.54, 1.807) is 0 Å². The van der Waals surface area contributed by atoms with Crippen molar-refractivity contribution < 1.29 is 4.74 Å². The molecule has 1 fully saturated rings. The first-order chi connectivity index (χ1) is 9.02. The quantitative estimate of drug-likeness (QED) is 0.697. The van der Waals surface area contributed by atoms with Crippen LogP contribution in [0.1, 0.15) is 41.0 Å². The van der Waals surface area contributed by atoms with E-state index in [1.807, 2.05) is 0 Å². The van der Waals surface area contributed by atoms with Crippen LogP contribution in [0.25, 0.3) is 0 Å². The summed E-state index contributed by atoms with van der Waals surface area (Å²) >= 11 is 0. The normalized spacial score (nSPS) is 24.0. The van der Waals surface area contributed by atoms with Crippen LogP contribution in [-0.4, -0.2) is 50.3 Å². The van der Waals surface area contributed by atoms with Crippen LogP contribution >= 0.6 is 0 Å². The van der Waals surface area contributed by atoms with Gasteiger partial charge in [0.25, 0.3) is 0 Å². The summed E-state index contributed by atoms with van der Waals surface area (Å²) in [6, 6.07) is 0.557. The summed E-state index contributed by atoms with van der Waals surface area (Å²) in [5.74, 6) is 2.13. The molecule has 0 aromatic heterocycles. The Labute approximate surface area is 120 Å². The van der Waals surface area contributed by atoms with Crippen LogP contribution in [0.3, 0.4) is 0 Å². The van der Waals surface area contributed by atoms with Crippen molar-refractivity contribution >= 4 is 0 Å². The first-order valence-electron chi connectivity index (χ1n) is 8.06. The minimum Gasteiger partial charge on any atom is -0.379 e. The summed E-state index contributed by atoms with van der Waals surface area (Å²) in [5.41, 5.74) is 0. The maximum Gasteiger partial charge on any atom is 0.0623 e. The van der Waals surface area contributed by atoms with Crippen LogP contribution in [0, 0.1) is 17.8 Å². The molecule has 0 amide bonds. The summed E-state index contributed by atoms with van der Waals surface area (Å²) in [4.78, 5) is 2.63. The highest BCUT2D eigenvalue weighted by molar-refractivity contribution is 4.84. The Balaban J connectivity index is 2.46. The van der Waals surface area contributed by atoms with E-state index in [-0.39, 0.29) is 0 Å². The summed E-state index contributed by atoms with van der Waals surface area (Å²) < 4.78 is 5.69. The van der Waals surface area contributed by atoms with Gasteiger partial charge < -0.3 is 15.0 Å². The zero-order chi connectivity index (χ0) is 14.3. The van der Waals surface area contributed by atoms with Crippen molar-refractivity contribution in [3.05, 3.63) is 0 Å². The molecule has 0 bridgehead atoms. The Morgan fingerprint density at radius 1 is 1.11 bits per heavy atom. The van der Waals surface area contributed by atoms with Gasteiger partial charge in [-0.2, -0.15) is 0 Å². The topological polar surface area (TPSA) is 24.5 Å². The predicted octanol–water partition coefficient (Wildman–Crippen LogP) is 2.62. The predicted molar refractivity (Wildman–Crippen MR) is 82.5 cm³/mol. The molecule has 1 heterocycles. The van der Waals surface area contributed by atoms with Crippen molar-refractivity contribution in [1.82, 2.24) is 10.2 Å². The van der Waals surface area contributed by atoms with E-state index in [1.165, 1.54) is 26.1 Å². The van der Waals surface area contributed by atoms with Gasteiger partial charge in [-0.05, 0) is 24.8 Å². The van der Waals surface area contributed by atoms with Gasteiger partial charge >= 0.3 is 0 Å². The molecule has 0 spiro atoms. The van der Waals surface area contributed by atoms with E-state index >= 15 is 0 Å². The van der Waals surface area contributed by atoms with Gasteiger partial charge in [0, 0.05) is 31.6 Å². The van der Waals surface area contributed by atoms with E-state index in [0.717, 1.165) is 31.6 Å². The van der Waals surface area contributed by atoms with E-state index in [2.05, 4.69) is 44.8 Å². The summed E-state index contributed by atoms with van der Waals surface area (Å²) in [6.45, 7) is 18.0. The molecule has 3 heteroatoms. The average molecular weight is 270 g/mol. The fraction of sp³-hybridized carbons (Fsp3) is 1.00. The van der Waals surface area contributed by atoms with Crippen LogP contribution in [0.4, 0.5) is 0 Å². The molecule has 1 saturated heterocycles. The third-order valence-electron chi connectivity index (χ3n) is 3.59. The van der Waals surface area contributed by atoms with Gasteiger partial charge in [-0.15, -0.1) is 0 Å². The highest BCUT2D eigenvalue weighted by atomic mass is 16.5. The van der Waals surface area contributed by atoms with Gasteiger partial charge in [-0.3, -0.25) is 0 Å². The van der Waals surface area contributed by atoms with E-state index in [9.17, 15) is 0 Å². The third-order valence-corrected chi connectivity index (χ3v) is 3.59. The second kappa shape index (κ2) is 8.93. The second-order valence-corrected chi connectivity index (χ2v) is 6.86. The van der Waals surface area contributed by atoms with Crippen LogP contribution in [-0.2, 0) is 4.74 Å². The molecular weight excluding hydrogens is 236 g/mol. The molecule has 0 saturated carbocycles. The van der Waals surface area contributed by atoms with Crippen LogP contribution in [0.5, 0.6) is 0 Å². The molecule has 19 heavy (non-hydrogen) atoms. The monoisotopic (exact) mass is 270 g/mol. The highest BCUT2D eigenvalue weighted by Crippen LogP contribution is 2.17. The largest absolute Gasteiger partial charge is 0.379 e. The number of nitrogens with one attached hydrogen (secondary N) is 1. The smallest absolute Gasteiger partial charge is 0.0623 e. The van der Waals surface area contributed by atoms with Crippen molar-refractivity contribution in [2.24, 2.45) is 17.8 Å². The Hall–Kier alpha value is -0.120. The lowest BCUT2D eigenvalue weighted by Crippen LogP contribution is -2.43. The number of hydrogen-bond acceptors (Lipinski definition) is 3. The van der Waals surface area contributed by atoms with Gasteiger partial charge in [-0.1, -0.05) is 34.6 Å². The van der Waals surface area contributed by atoms with E-state index in [0.29, 0.717) is 12.0 Å². The fourth-order valence-corrected chi connectivity index (χ4v) is 2.92. The minimum atomic E-state index is 0.557. The van der Waals surface area contributed by atoms with Crippen molar-refractivity contribution in [1.29, 1.82) is 0 Å². The molecular formula is C16H34N2O. The molecule has 0 aliphatic carbocycles. The lowest BCUT2D eigenvalue weighted by molar-refractivity contribution is 0.153. The Kier molecular flexibility index (Phi) is 7.96. The maximum atomic E-state index is 5.69. The standard InChI is InChI=1S/C16H34N2O/c1-6-7-17-16-12-19-11-15(16)10-18(8-13(2)3)9-14(4)5/h13-17H,6-12H2,1-5H3. The van der Waals surface area contributed by atoms with Crippen molar-refractivity contribution in [3.8, 4) is 0 Å². The Bertz CT molecular complexity index is 221. The van der Waals surface area contributed by atoms with Gasteiger partial charge in [0.1, 0.15) is 0 Å². The lowest BCUT2D eigenvalue weighted by atomic mass is 10.0. The highest BCUT2D eigenvalue weighted by Gasteiger charge is 2.29. The molecule has 1 aliphatic heterocycles. The number of rotatable bonds is 9. The molecule has 2 atom stereocenters. The van der Waals surface area contributed by atoms with Gasteiger partial charge in [-0.25, -0.2) is 0 Å². The first kappa shape index (κ1) is 16.9. The molecule has 1 rings (SSSR count). The van der Waals surface area contributed by atoms with Gasteiger partial charge in [0.2, 0.25) is 0 Å². The van der Waals surface area contributed by atoms with Crippen molar-refractivity contribution in [2.45, 2.75) is 47.1 Å².